The van der Waals surface area contributed by atoms with Gasteiger partial charge >= 0.3 is 132 Å². The summed E-state index contributed by atoms with van der Waals surface area (Å²) in [6.07, 6.45) is 0. The molecule has 2 nitrogen and oxygen atoms in total. The van der Waals surface area contributed by atoms with Gasteiger partial charge in [-0.05, 0) is 0 Å². The topological polar surface area (TPSA) is 20.5 Å². The van der Waals surface area contributed by atoms with Crippen molar-refractivity contribution in [3.63, 3.8) is 0 Å². The average molecular weight is 395 g/mol. The molecule has 0 atom stereocenters. The Kier molecular flexibility index (Phi) is 4.36. The molecule has 0 aliphatic carbocycles. The Labute approximate surface area is 131 Å². The van der Waals surface area contributed by atoms with Crippen LogP contribution in [0.1, 0.15) is 5.56 Å². The van der Waals surface area contributed by atoms with Crippen LogP contribution in [0.4, 0.5) is 0 Å². The number of hydrogen-bond donors (Lipinski definition) is 0. The van der Waals surface area contributed by atoms with E-state index in [1.165, 1.54) is 0 Å². The van der Waals surface area contributed by atoms with E-state index in [-0.39, 0.29) is 14.5 Å². The number of rotatable bonds is 4. The number of benzene rings is 2. The van der Waals surface area contributed by atoms with Gasteiger partial charge < -0.3 is 0 Å². The van der Waals surface area contributed by atoms with Crippen LogP contribution in [0.25, 0.3) is 11.3 Å². The van der Waals surface area contributed by atoms with E-state index in [4.69, 9.17) is 9.15 Å². The second-order valence-electron chi connectivity index (χ2n) is 4.23. The quantitative estimate of drug-likeness (QED) is 0.475. The summed E-state index contributed by atoms with van der Waals surface area (Å²) < 4.78 is 12.6. The Morgan fingerprint density at radius 1 is 1.00 bits per heavy atom. The molecule has 0 aliphatic heterocycles. The van der Waals surface area contributed by atoms with Crippen molar-refractivity contribution in [1.82, 2.24) is 0 Å². The molecule has 4 heteroatoms. The van der Waals surface area contributed by atoms with Crippen LogP contribution in [0, 0.1) is 0 Å². The fourth-order valence-corrected chi connectivity index (χ4v) is 3.39. The summed E-state index contributed by atoms with van der Waals surface area (Å²) in [5.41, 5.74) is 2.23. The Morgan fingerprint density at radius 2 is 1.75 bits per heavy atom. The van der Waals surface area contributed by atoms with Gasteiger partial charge in [0.05, 0.1) is 0 Å². The van der Waals surface area contributed by atoms with Crippen molar-refractivity contribution in [2.24, 2.45) is 0 Å². The molecular weight excluding hydrogens is 383 g/mol. The van der Waals surface area contributed by atoms with E-state index in [1.54, 1.807) is 0 Å². The average Bonchev–Trinajstić information content (AvgIpc) is 2.96. The van der Waals surface area contributed by atoms with Crippen LogP contribution in [0.2, 0.25) is 0 Å². The molecule has 0 fully saturated rings. The zero-order valence-corrected chi connectivity index (χ0v) is 13.9. The molecule has 0 spiro atoms. The van der Waals surface area contributed by atoms with Crippen LogP contribution in [0.3, 0.4) is 0 Å². The zero-order chi connectivity index (χ0) is 13.8. The Bertz CT molecular complexity index is 677. The number of ether oxygens (including phenoxy) is 1. The molecular formula is C16H12BrO2Se+. The van der Waals surface area contributed by atoms with E-state index in [2.05, 4.69) is 20.9 Å². The number of hydrogen-bond acceptors (Lipinski definition) is 1. The maximum atomic E-state index is 5.78. The van der Waals surface area contributed by atoms with Gasteiger partial charge in [-0.25, -0.2) is 0 Å². The van der Waals surface area contributed by atoms with Gasteiger partial charge in [0, 0.05) is 0 Å². The van der Waals surface area contributed by atoms with Crippen LogP contribution in [0.5, 0.6) is 4.82 Å². The van der Waals surface area contributed by atoms with Gasteiger partial charge in [0.25, 0.3) is 0 Å². The summed E-state index contributed by atoms with van der Waals surface area (Å²) in [7, 11) is 0. The summed E-state index contributed by atoms with van der Waals surface area (Å²) in [6.45, 7) is 0.555. The second kappa shape index (κ2) is 6.40. The van der Waals surface area contributed by atoms with Crippen LogP contribution in [0.15, 0.2) is 68.4 Å². The maximum absolute atomic E-state index is 5.78. The molecule has 1 heterocycles. The van der Waals surface area contributed by atoms with Gasteiger partial charge in [-0.1, -0.05) is 0 Å². The molecule has 2 aromatic carbocycles. The summed E-state index contributed by atoms with van der Waals surface area (Å²) in [5.74, 6) is 0.889. The molecule has 100 valence electrons. The molecule has 3 aromatic rings. The Hall–Kier alpha value is -1.35. The molecule has 0 amide bonds. The SMILES string of the molecule is Brc1ccc(-c2c[se]c(OCc3ccccc3)[o+]2)cc1. The predicted molar refractivity (Wildman–Crippen MR) is 84.0 cm³/mol. The first-order valence-electron chi connectivity index (χ1n) is 6.15. The molecule has 0 saturated heterocycles. The minimum absolute atomic E-state index is 0.136. The molecule has 3 rings (SSSR count). The van der Waals surface area contributed by atoms with Crippen LogP contribution >= 0.6 is 15.9 Å². The van der Waals surface area contributed by atoms with Crippen LogP contribution in [-0.2, 0) is 6.61 Å². The van der Waals surface area contributed by atoms with E-state index in [0.29, 0.717) is 6.61 Å². The Balaban J connectivity index is 1.69. The van der Waals surface area contributed by atoms with E-state index in [0.717, 1.165) is 26.2 Å². The van der Waals surface area contributed by atoms with E-state index < -0.39 is 0 Å². The van der Waals surface area contributed by atoms with Crippen molar-refractivity contribution in [3.8, 4) is 16.1 Å². The first-order valence-corrected chi connectivity index (χ1v) is 8.79. The third-order valence-electron chi connectivity index (χ3n) is 2.78. The monoisotopic (exact) mass is 395 g/mol. The van der Waals surface area contributed by atoms with Crippen molar-refractivity contribution in [1.29, 1.82) is 0 Å². The van der Waals surface area contributed by atoms with Crippen LogP contribution < -0.4 is 4.74 Å². The fraction of sp³-hybridized carbons (Fsp3) is 0.0625. The van der Waals surface area contributed by atoms with Crippen molar-refractivity contribution < 1.29 is 9.15 Å². The number of halogens is 1. The zero-order valence-electron chi connectivity index (χ0n) is 10.6. The van der Waals surface area contributed by atoms with Gasteiger partial charge in [-0.2, -0.15) is 0 Å². The third kappa shape index (κ3) is 3.40. The second-order valence-corrected chi connectivity index (χ2v) is 6.84. The first-order chi connectivity index (χ1) is 9.81. The van der Waals surface area contributed by atoms with Crippen LogP contribution in [-0.4, -0.2) is 14.5 Å². The van der Waals surface area contributed by atoms with E-state index in [1.807, 2.05) is 54.6 Å². The summed E-state index contributed by atoms with van der Waals surface area (Å²) in [5, 5.41) is 0. The normalized spacial score (nSPS) is 10.4. The van der Waals surface area contributed by atoms with Gasteiger partial charge in [0.15, 0.2) is 0 Å². The van der Waals surface area contributed by atoms with E-state index >= 15 is 0 Å². The first kappa shape index (κ1) is 13.6. The van der Waals surface area contributed by atoms with Gasteiger partial charge in [0.2, 0.25) is 0 Å². The minimum atomic E-state index is 0.136. The third-order valence-corrected chi connectivity index (χ3v) is 4.83. The molecule has 0 unspecified atom stereocenters. The molecule has 0 N–H and O–H groups in total. The van der Waals surface area contributed by atoms with E-state index in [9.17, 15) is 0 Å². The van der Waals surface area contributed by atoms with Crippen molar-refractivity contribution >= 4 is 30.4 Å². The fourth-order valence-electron chi connectivity index (χ4n) is 1.76. The van der Waals surface area contributed by atoms with Crippen molar-refractivity contribution in [3.05, 3.63) is 69.6 Å². The molecule has 0 saturated carbocycles. The molecule has 0 radical (unpaired) electrons. The standard InChI is InChI=1S/C16H12BrO2Se/c17-14-8-6-13(7-9-14)15-11-20-16(19-15)18-10-12-4-2-1-3-5-12/h1-9,11H,10H2/q+1. The van der Waals surface area contributed by atoms with Gasteiger partial charge in [-0.3, -0.25) is 0 Å². The molecule has 0 aliphatic rings. The summed E-state index contributed by atoms with van der Waals surface area (Å²) >= 11 is 3.57. The van der Waals surface area contributed by atoms with Crippen molar-refractivity contribution in [2.75, 3.05) is 0 Å². The van der Waals surface area contributed by atoms with Gasteiger partial charge in [0.1, 0.15) is 0 Å². The van der Waals surface area contributed by atoms with Gasteiger partial charge in [-0.15, -0.1) is 0 Å². The van der Waals surface area contributed by atoms with Crippen molar-refractivity contribution in [2.45, 2.75) is 6.61 Å². The summed E-state index contributed by atoms with van der Waals surface area (Å²) in [4.78, 5) is 2.83. The molecule has 1 aromatic heterocycles. The molecule has 0 bridgehead atoms. The molecule has 20 heavy (non-hydrogen) atoms. The predicted octanol–water partition coefficient (Wildman–Crippen LogP) is 4.63. The Morgan fingerprint density at radius 3 is 2.50 bits per heavy atom. The summed E-state index contributed by atoms with van der Waals surface area (Å²) in [6, 6.07) is 18.2.